The van der Waals surface area contributed by atoms with Gasteiger partial charge >= 0.3 is 0 Å². The van der Waals surface area contributed by atoms with E-state index in [4.69, 9.17) is 0 Å². The molecule has 0 heterocycles. The van der Waals surface area contributed by atoms with Crippen molar-refractivity contribution in [3.8, 4) is 0 Å². The first-order valence-electron chi connectivity index (χ1n) is 5.07. The topological polar surface area (TPSA) is 0 Å². The summed E-state index contributed by atoms with van der Waals surface area (Å²) in [4.78, 5) is 0. The largest absolute Gasteiger partial charge is 0.103 e. The van der Waals surface area contributed by atoms with Crippen molar-refractivity contribution in [2.45, 2.75) is 18.8 Å². The second-order valence-corrected chi connectivity index (χ2v) is 4.68. The number of rotatable bonds is 5. The molecule has 0 saturated carbocycles. The molecule has 0 aliphatic heterocycles. The van der Waals surface area contributed by atoms with Gasteiger partial charge in [0.25, 0.3) is 0 Å². The van der Waals surface area contributed by atoms with Crippen LogP contribution in [-0.2, 0) is 0 Å². The van der Waals surface area contributed by atoms with E-state index in [1.54, 1.807) is 0 Å². The van der Waals surface area contributed by atoms with Crippen molar-refractivity contribution in [3.63, 3.8) is 0 Å². The normalized spacial score (nSPS) is 10.4. The second-order valence-electron chi connectivity index (χ2n) is 3.60. The molecule has 0 fully saturated rings. The van der Waals surface area contributed by atoms with Crippen LogP contribution >= 0.6 is 0 Å². The summed E-state index contributed by atoms with van der Waals surface area (Å²) in [6, 6.07) is 8.70. The minimum Gasteiger partial charge on any atom is -0.103 e. The molecule has 74 valence electrons. The average molecular weight is 202 g/mol. The second kappa shape index (κ2) is 5.61. The Morgan fingerprint density at radius 3 is 2.21 bits per heavy atom. The average Bonchev–Trinajstić information content (AvgIpc) is 2.18. The number of hydrogen-bond donors (Lipinski definition) is 0. The summed E-state index contributed by atoms with van der Waals surface area (Å²) in [5.41, 5.74) is 1.49. The highest BCUT2D eigenvalue weighted by Crippen LogP contribution is 2.22. The van der Waals surface area contributed by atoms with Crippen molar-refractivity contribution >= 4 is 15.4 Å². The molecule has 1 heteroatoms. The first-order valence-corrected chi connectivity index (χ1v) is 6.07. The molecule has 0 spiro atoms. The van der Waals surface area contributed by atoms with Gasteiger partial charge in [-0.15, -0.1) is 13.2 Å². The fourth-order valence-corrected chi connectivity index (χ4v) is 2.56. The predicted molar refractivity (Wildman–Crippen MR) is 68.4 cm³/mol. The van der Waals surface area contributed by atoms with Crippen LogP contribution in [0.4, 0.5) is 0 Å². The summed E-state index contributed by atoms with van der Waals surface area (Å²) in [6.45, 7) is 7.63. The highest BCUT2D eigenvalue weighted by atomic mass is 28.1. The first-order chi connectivity index (χ1) is 6.79. The van der Waals surface area contributed by atoms with E-state index in [2.05, 4.69) is 37.4 Å². The number of hydrogen-bond acceptors (Lipinski definition) is 0. The summed E-state index contributed by atoms with van der Waals surface area (Å²) < 4.78 is 0. The summed E-state index contributed by atoms with van der Waals surface area (Å²) in [6.07, 6.45) is 6.10. The van der Waals surface area contributed by atoms with Crippen LogP contribution in [0, 0.1) is 0 Å². The van der Waals surface area contributed by atoms with Gasteiger partial charge in [0, 0.05) is 10.2 Å². The molecule has 14 heavy (non-hydrogen) atoms. The molecule has 0 N–H and O–H groups in total. The minimum absolute atomic E-state index is 0.582. The number of allylic oxidation sites excluding steroid dienone is 2. The molecule has 0 unspecified atom stereocenters. The van der Waals surface area contributed by atoms with Gasteiger partial charge in [-0.05, 0) is 24.3 Å². The maximum Gasteiger partial charge on any atom is 0.0388 e. The maximum absolute atomic E-state index is 3.81. The van der Waals surface area contributed by atoms with Crippen molar-refractivity contribution in [3.05, 3.63) is 55.1 Å². The van der Waals surface area contributed by atoms with Gasteiger partial charge in [-0.3, -0.25) is 0 Å². The molecule has 0 bridgehead atoms. The Morgan fingerprint density at radius 2 is 1.71 bits per heavy atom. The zero-order chi connectivity index (χ0) is 10.4. The van der Waals surface area contributed by atoms with Gasteiger partial charge in [0.2, 0.25) is 0 Å². The van der Waals surface area contributed by atoms with Gasteiger partial charge in [0.15, 0.2) is 0 Å². The fourth-order valence-electron chi connectivity index (χ4n) is 1.80. The Kier molecular flexibility index (Phi) is 4.40. The Bertz CT molecular complexity index is 305. The monoisotopic (exact) mass is 202 g/mol. The molecule has 0 saturated heterocycles. The van der Waals surface area contributed by atoms with E-state index < -0.39 is 0 Å². The van der Waals surface area contributed by atoms with Gasteiger partial charge in [-0.2, -0.15) is 0 Å². The third-order valence-electron chi connectivity index (χ3n) is 2.53. The molecule has 0 atom stereocenters. The molecule has 1 aromatic rings. The fraction of sp³-hybridized carbons (Fsp3) is 0.231. The van der Waals surface area contributed by atoms with Crippen molar-refractivity contribution in [1.82, 2.24) is 0 Å². The summed E-state index contributed by atoms with van der Waals surface area (Å²) in [5.74, 6) is 0.582. The summed E-state index contributed by atoms with van der Waals surface area (Å²) >= 11 is 0. The molecule has 0 nitrogen and oxygen atoms in total. The molecule has 0 radical (unpaired) electrons. The lowest BCUT2D eigenvalue weighted by atomic mass is 9.92. The lowest BCUT2D eigenvalue weighted by Gasteiger charge is -2.15. The molecule has 0 amide bonds. The third kappa shape index (κ3) is 2.71. The standard InChI is InChI=1S/C13H18Si/c1-3-7-11(8-4-2)12-9-5-6-10-13(12)14/h3-6,9-11H,1-2,7-8H2,14H3. The van der Waals surface area contributed by atoms with E-state index in [0.29, 0.717) is 5.92 Å². The molecule has 0 aromatic heterocycles. The van der Waals surface area contributed by atoms with Crippen molar-refractivity contribution in [1.29, 1.82) is 0 Å². The molecule has 0 aliphatic rings. The van der Waals surface area contributed by atoms with Gasteiger partial charge in [0.05, 0.1) is 0 Å². The smallest absolute Gasteiger partial charge is 0.0388 e. The van der Waals surface area contributed by atoms with E-state index >= 15 is 0 Å². The van der Waals surface area contributed by atoms with Crippen LogP contribution in [0.2, 0.25) is 0 Å². The maximum atomic E-state index is 3.81. The quantitative estimate of drug-likeness (QED) is 0.505. The molecule has 0 aliphatic carbocycles. The SMILES string of the molecule is C=CCC(CC=C)c1ccccc1[SiH3]. The molecule has 1 aromatic carbocycles. The Morgan fingerprint density at radius 1 is 1.14 bits per heavy atom. The van der Waals surface area contributed by atoms with Gasteiger partial charge in [-0.1, -0.05) is 41.6 Å². The highest BCUT2D eigenvalue weighted by molar-refractivity contribution is 6.33. The van der Waals surface area contributed by atoms with Crippen LogP contribution in [0.15, 0.2) is 49.6 Å². The Labute approximate surface area is 89.8 Å². The van der Waals surface area contributed by atoms with Crippen LogP contribution in [0.1, 0.15) is 24.3 Å². The van der Waals surface area contributed by atoms with Gasteiger partial charge in [-0.25, -0.2) is 0 Å². The zero-order valence-electron chi connectivity index (χ0n) is 8.87. The van der Waals surface area contributed by atoms with E-state index in [-0.39, 0.29) is 0 Å². The van der Waals surface area contributed by atoms with E-state index in [0.717, 1.165) is 23.1 Å². The zero-order valence-corrected chi connectivity index (χ0v) is 10.9. The lowest BCUT2D eigenvalue weighted by Crippen LogP contribution is -2.13. The van der Waals surface area contributed by atoms with Crippen LogP contribution in [0.25, 0.3) is 0 Å². The Balaban J connectivity index is 2.91. The molecular formula is C13H18Si. The van der Waals surface area contributed by atoms with Crippen molar-refractivity contribution in [2.75, 3.05) is 0 Å². The minimum atomic E-state index is 0.582. The van der Waals surface area contributed by atoms with E-state index in [1.807, 2.05) is 12.2 Å². The Hall–Kier alpha value is -1.08. The van der Waals surface area contributed by atoms with Crippen LogP contribution < -0.4 is 5.19 Å². The third-order valence-corrected chi connectivity index (χ3v) is 3.44. The summed E-state index contributed by atoms with van der Waals surface area (Å²) in [7, 11) is 1.12. The van der Waals surface area contributed by atoms with E-state index in [9.17, 15) is 0 Å². The van der Waals surface area contributed by atoms with Crippen molar-refractivity contribution in [2.24, 2.45) is 0 Å². The lowest BCUT2D eigenvalue weighted by molar-refractivity contribution is 0.718. The predicted octanol–water partition coefficient (Wildman–Crippen LogP) is 1.91. The number of benzene rings is 1. The van der Waals surface area contributed by atoms with Gasteiger partial charge in [0.1, 0.15) is 0 Å². The van der Waals surface area contributed by atoms with Crippen LogP contribution in [-0.4, -0.2) is 10.2 Å². The molecular weight excluding hydrogens is 184 g/mol. The van der Waals surface area contributed by atoms with Gasteiger partial charge < -0.3 is 0 Å². The van der Waals surface area contributed by atoms with Crippen LogP contribution in [0.5, 0.6) is 0 Å². The van der Waals surface area contributed by atoms with E-state index in [1.165, 1.54) is 10.8 Å². The molecule has 1 rings (SSSR count). The first kappa shape index (κ1) is 11.0. The van der Waals surface area contributed by atoms with Crippen molar-refractivity contribution < 1.29 is 0 Å². The highest BCUT2D eigenvalue weighted by Gasteiger charge is 2.09. The summed E-state index contributed by atoms with van der Waals surface area (Å²) in [5, 5.41) is 1.50. The van der Waals surface area contributed by atoms with Crippen LogP contribution in [0.3, 0.4) is 0 Å².